The lowest BCUT2D eigenvalue weighted by Gasteiger charge is -2.25. The van der Waals surface area contributed by atoms with Crippen LogP contribution in [0, 0.1) is 5.41 Å². The number of rotatable bonds is 5. The third-order valence-corrected chi connectivity index (χ3v) is 3.65. The van der Waals surface area contributed by atoms with Crippen LogP contribution in [0.4, 0.5) is 16.3 Å². The minimum absolute atomic E-state index is 0.206. The SMILES string of the molecule is C=CNc1c(C(C)=N)[nH]c(=O)n1-c1cccc(N(C)C(=O)OC(C)(C)C)c1. The highest BCUT2D eigenvalue weighted by molar-refractivity contribution is 5.99. The summed E-state index contributed by atoms with van der Waals surface area (Å²) < 4.78 is 6.77. The number of aromatic nitrogens is 2. The van der Waals surface area contributed by atoms with E-state index in [-0.39, 0.29) is 5.71 Å². The Morgan fingerprint density at radius 1 is 1.41 bits per heavy atom. The second kappa shape index (κ2) is 7.53. The number of benzene rings is 1. The number of H-pyrrole nitrogens is 1. The summed E-state index contributed by atoms with van der Waals surface area (Å²) >= 11 is 0. The summed E-state index contributed by atoms with van der Waals surface area (Å²) in [5, 5.41) is 10.7. The molecule has 1 aromatic carbocycles. The number of imidazole rings is 1. The highest BCUT2D eigenvalue weighted by Crippen LogP contribution is 2.23. The van der Waals surface area contributed by atoms with Crippen LogP contribution in [-0.2, 0) is 4.74 Å². The Labute approximate surface area is 158 Å². The predicted octanol–water partition coefficient (Wildman–Crippen LogP) is 3.48. The van der Waals surface area contributed by atoms with Gasteiger partial charge in [-0.3, -0.25) is 4.90 Å². The standard InChI is InChI=1S/C19H25N5O3/c1-7-21-16-15(12(2)20)22-17(25)24(16)14-10-8-9-13(11-14)23(6)18(26)27-19(3,4)5/h7-11,20-21H,1H2,2-6H3,(H,22,25). The van der Waals surface area contributed by atoms with Gasteiger partial charge in [0.25, 0.3) is 0 Å². The molecule has 0 saturated heterocycles. The van der Waals surface area contributed by atoms with Gasteiger partial charge in [0.15, 0.2) is 0 Å². The summed E-state index contributed by atoms with van der Waals surface area (Å²) in [6.45, 7) is 10.6. The van der Waals surface area contributed by atoms with E-state index >= 15 is 0 Å². The number of carbonyl (C=O) groups is 1. The van der Waals surface area contributed by atoms with Gasteiger partial charge in [-0.15, -0.1) is 0 Å². The Kier molecular flexibility index (Phi) is 5.58. The van der Waals surface area contributed by atoms with Crippen LogP contribution in [0.15, 0.2) is 41.8 Å². The summed E-state index contributed by atoms with van der Waals surface area (Å²) in [5.41, 5.74) is 0.646. The van der Waals surface area contributed by atoms with Crippen molar-refractivity contribution in [2.45, 2.75) is 33.3 Å². The van der Waals surface area contributed by atoms with Crippen molar-refractivity contribution in [1.82, 2.24) is 9.55 Å². The normalized spacial score (nSPS) is 11.0. The average Bonchev–Trinajstić information content (AvgIpc) is 2.89. The first-order valence-electron chi connectivity index (χ1n) is 8.40. The largest absolute Gasteiger partial charge is 0.443 e. The highest BCUT2D eigenvalue weighted by Gasteiger charge is 2.22. The van der Waals surface area contributed by atoms with Crippen LogP contribution in [0.3, 0.4) is 0 Å². The van der Waals surface area contributed by atoms with E-state index in [2.05, 4.69) is 16.9 Å². The molecule has 27 heavy (non-hydrogen) atoms. The van der Waals surface area contributed by atoms with Crippen LogP contribution in [0.2, 0.25) is 0 Å². The van der Waals surface area contributed by atoms with E-state index in [1.54, 1.807) is 59.0 Å². The fourth-order valence-electron chi connectivity index (χ4n) is 2.46. The van der Waals surface area contributed by atoms with Gasteiger partial charge in [-0.25, -0.2) is 14.2 Å². The third-order valence-electron chi connectivity index (χ3n) is 3.65. The summed E-state index contributed by atoms with van der Waals surface area (Å²) in [6, 6.07) is 6.91. The molecule has 0 atom stereocenters. The first kappa shape index (κ1) is 20.0. The van der Waals surface area contributed by atoms with Crippen molar-refractivity contribution in [1.29, 1.82) is 5.41 Å². The second-order valence-electron chi connectivity index (χ2n) is 7.02. The lowest BCUT2D eigenvalue weighted by Crippen LogP contribution is -2.34. The van der Waals surface area contributed by atoms with Crippen LogP contribution in [-0.4, -0.2) is 34.0 Å². The molecule has 2 aromatic rings. The molecule has 0 bridgehead atoms. The van der Waals surface area contributed by atoms with Gasteiger partial charge < -0.3 is 20.4 Å². The van der Waals surface area contributed by atoms with Crippen LogP contribution in [0.1, 0.15) is 33.4 Å². The summed E-state index contributed by atoms with van der Waals surface area (Å²) in [6.07, 6.45) is 0.934. The van der Waals surface area contributed by atoms with Crippen molar-refractivity contribution < 1.29 is 9.53 Å². The fourth-order valence-corrected chi connectivity index (χ4v) is 2.46. The molecule has 0 radical (unpaired) electrons. The molecule has 3 N–H and O–H groups in total. The van der Waals surface area contributed by atoms with E-state index in [1.807, 2.05) is 0 Å². The molecule has 8 heteroatoms. The van der Waals surface area contributed by atoms with Gasteiger partial charge in [0.1, 0.15) is 17.1 Å². The first-order chi connectivity index (χ1) is 12.5. The zero-order chi connectivity index (χ0) is 20.4. The maximum absolute atomic E-state index is 12.5. The molecular formula is C19H25N5O3. The summed E-state index contributed by atoms with van der Waals surface area (Å²) in [4.78, 5) is 28.8. The Hall–Kier alpha value is -3.29. The van der Waals surface area contributed by atoms with Crippen molar-refractivity contribution >= 4 is 23.3 Å². The van der Waals surface area contributed by atoms with Gasteiger partial charge in [-0.1, -0.05) is 12.6 Å². The number of nitrogens with zero attached hydrogens (tertiary/aromatic N) is 2. The lowest BCUT2D eigenvalue weighted by atomic mass is 10.2. The number of anilines is 2. The van der Waals surface area contributed by atoms with Gasteiger partial charge in [0.05, 0.1) is 11.4 Å². The monoisotopic (exact) mass is 371 g/mol. The van der Waals surface area contributed by atoms with E-state index in [9.17, 15) is 9.59 Å². The summed E-state index contributed by atoms with van der Waals surface area (Å²) in [5.74, 6) is 0.402. The molecule has 1 amide bonds. The van der Waals surface area contributed by atoms with Crippen molar-refractivity contribution in [2.75, 3.05) is 17.3 Å². The Morgan fingerprint density at radius 3 is 2.63 bits per heavy atom. The van der Waals surface area contributed by atoms with E-state index in [0.29, 0.717) is 22.9 Å². The maximum atomic E-state index is 12.5. The van der Waals surface area contributed by atoms with E-state index in [4.69, 9.17) is 10.1 Å². The minimum atomic E-state index is -0.613. The Morgan fingerprint density at radius 2 is 2.07 bits per heavy atom. The van der Waals surface area contributed by atoms with Crippen LogP contribution in [0.5, 0.6) is 0 Å². The van der Waals surface area contributed by atoms with E-state index < -0.39 is 17.4 Å². The number of amides is 1. The Bertz CT molecular complexity index is 934. The van der Waals surface area contributed by atoms with Crippen molar-refractivity contribution in [3.8, 4) is 5.69 Å². The number of ether oxygens (including phenoxy) is 1. The van der Waals surface area contributed by atoms with Crippen molar-refractivity contribution in [3.05, 3.63) is 53.2 Å². The molecule has 144 valence electrons. The molecule has 0 aliphatic carbocycles. The summed E-state index contributed by atoms with van der Waals surface area (Å²) in [7, 11) is 1.60. The molecule has 2 rings (SSSR count). The number of carbonyl (C=O) groups excluding carboxylic acids is 1. The van der Waals surface area contributed by atoms with Crippen LogP contribution in [0.25, 0.3) is 5.69 Å². The first-order valence-corrected chi connectivity index (χ1v) is 8.40. The fraction of sp³-hybridized carbons (Fsp3) is 0.316. The van der Waals surface area contributed by atoms with E-state index in [1.165, 1.54) is 15.7 Å². The predicted molar refractivity (Wildman–Crippen MR) is 107 cm³/mol. The third kappa shape index (κ3) is 4.46. The van der Waals surface area contributed by atoms with Gasteiger partial charge in [-0.2, -0.15) is 0 Å². The molecule has 0 unspecified atom stereocenters. The zero-order valence-corrected chi connectivity index (χ0v) is 16.2. The second-order valence-corrected chi connectivity index (χ2v) is 7.02. The lowest BCUT2D eigenvalue weighted by molar-refractivity contribution is 0.0589. The van der Waals surface area contributed by atoms with Gasteiger partial charge >= 0.3 is 11.8 Å². The average molecular weight is 371 g/mol. The quantitative estimate of drug-likeness (QED) is 0.700. The number of nitrogens with one attached hydrogen (secondary N) is 3. The Balaban J connectivity index is 2.50. The number of aromatic amines is 1. The van der Waals surface area contributed by atoms with Gasteiger partial charge in [-0.05, 0) is 52.1 Å². The highest BCUT2D eigenvalue weighted by atomic mass is 16.6. The van der Waals surface area contributed by atoms with E-state index in [0.717, 1.165) is 0 Å². The molecule has 1 heterocycles. The minimum Gasteiger partial charge on any atom is -0.443 e. The van der Waals surface area contributed by atoms with Crippen LogP contribution < -0.4 is 15.9 Å². The molecule has 1 aromatic heterocycles. The molecule has 0 aliphatic heterocycles. The van der Waals surface area contributed by atoms with Crippen molar-refractivity contribution in [3.63, 3.8) is 0 Å². The molecule has 0 saturated carbocycles. The molecule has 0 spiro atoms. The number of hydrogen-bond donors (Lipinski definition) is 3. The zero-order valence-electron chi connectivity index (χ0n) is 16.2. The molecule has 8 nitrogen and oxygen atoms in total. The van der Waals surface area contributed by atoms with Crippen molar-refractivity contribution in [2.24, 2.45) is 0 Å². The molecular weight excluding hydrogens is 346 g/mol. The van der Waals surface area contributed by atoms with Gasteiger partial charge in [0.2, 0.25) is 0 Å². The van der Waals surface area contributed by atoms with Crippen LogP contribution >= 0.6 is 0 Å². The smallest absolute Gasteiger partial charge is 0.414 e. The maximum Gasteiger partial charge on any atom is 0.414 e. The molecule has 0 fully saturated rings. The number of hydrogen-bond acceptors (Lipinski definition) is 5. The topological polar surface area (TPSA) is 103 Å². The molecule has 0 aliphatic rings. The van der Waals surface area contributed by atoms with Gasteiger partial charge in [0, 0.05) is 12.7 Å².